The summed E-state index contributed by atoms with van der Waals surface area (Å²) in [5, 5.41) is 5.10. The van der Waals surface area contributed by atoms with Gasteiger partial charge in [-0.25, -0.2) is 0 Å². The molecule has 0 aliphatic heterocycles. The Morgan fingerprint density at radius 2 is 1.09 bits per heavy atom. The van der Waals surface area contributed by atoms with Gasteiger partial charge in [-0.05, 0) is 132 Å². The number of rotatable bonds is 6. The van der Waals surface area contributed by atoms with Gasteiger partial charge in [0.2, 0.25) is 0 Å². The van der Waals surface area contributed by atoms with Gasteiger partial charge >= 0.3 is 0 Å². The van der Waals surface area contributed by atoms with Crippen molar-refractivity contribution in [2.45, 2.75) is 38.0 Å². The summed E-state index contributed by atoms with van der Waals surface area (Å²) in [6.07, 6.45) is 17.3. The number of nitrogens with zero attached hydrogens (tertiary/aromatic N) is 2. The Balaban J connectivity index is 1.08. The second-order valence-electron chi connectivity index (χ2n) is 15.5. The third-order valence-electron chi connectivity index (χ3n) is 12.2. The lowest BCUT2D eigenvalue weighted by Gasteiger charge is -2.21. The van der Waals surface area contributed by atoms with Gasteiger partial charge in [-0.15, -0.1) is 0 Å². The van der Waals surface area contributed by atoms with Gasteiger partial charge in [0.15, 0.2) is 0 Å². The molecule has 0 bridgehead atoms. The summed E-state index contributed by atoms with van der Waals surface area (Å²) >= 11 is 0. The molecule has 2 aliphatic rings. The highest BCUT2D eigenvalue weighted by molar-refractivity contribution is 6.13. The summed E-state index contributed by atoms with van der Waals surface area (Å²) in [7, 11) is 0. The lowest BCUT2D eigenvalue weighted by molar-refractivity contribution is 0.652. The first-order valence-electron chi connectivity index (χ1n) is 20.2. The molecule has 268 valence electrons. The molecule has 0 amide bonds. The molecule has 2 heteroatoms. The molecule has 7 aromatic carbocycles. The molecular weight excluding hydrogens is 677 g/mol. The summed E-state index contributed by atoms with van der Waals surface area (Å²) < 4.78 is 4.97. The van der Waals surface area contributed by atoms with Crippen LogP contribution in [0.4, 0.5) is 0 Å². The fourth-order valence-corrected chi connectivity index (χ4v) is 9.48. The zero-order valence-corrected chi connectivity index (χ0v) is 31.4. The smallest absolute Gasteiger partial charge is 0.0541 e. The Labute approximate surface area is 328 Å². The van der Waals surface area contributed by atoms with Crippen molar-refractivity contribution in [1.82, 2.24) is 9.13 Å². The van der Waals surface area contributed by atoms with Crippen molar-refractivity contribution in [2.24, 2.45) is 0 Å². The fourth-order valence-electron chi connectivity index (χ4n) is 9.48. The van der Waals surface area contributed by atoms with E-state index < -0.39 is 0 Å². The Kier molecular flexibility index (Phi) is 7.95. The van der Waals surface area contributed by atoms with E-state index in [0.29, 0.717) is 5.92 Å². The number of hydrogen-bond acceptors (Lipinski definition) is 0. The van der Waals surface area contributed by atoms with E-state index in [9.17, 15) is 0 Å². The van der Waals surface area contributed by atoms with Gasteiger partial charge in [-0.1, -0.05) is 127 Å². The lowest BCUT2D eigenvalue weighted by atomic mass is 9.88. The molecule has 2 aromatic heterocycles. The summed E-state index contributed by atoms with van der Waals surface area (Å²) in [6.45, 7) is 0. The van der Waals surface area contributed by atoms with Crippen LogP contribution in [0.3, 0.4) is 0 Å². The Hall–Kier alpha value is -6.64. The van der Waals surface area contributed by atoms with Crippen LogP contribution in [0.15, 0.2) is 188 Å². The summed E-state index contributed by atoms with van der Waals surface area (Å²) in [6, 6.07) is 58.9. The van der Waals surface area contributed by atoms with Crippen LogP contribution in [0.2, 0.25) is 0 Å². The maximum Gasteiger partial charge on any atom is 0.0541 e. The summed E-state index contributed by atoms with van der Waals surface area (Å²) in [5.74, 6) is 0.443. The van der Waals surface area contributed by atoms with Gasteiger partial charge in [0.1, 0.15) is 0 Å². The van der Waals surface area contributed by atoms with Gasteiger partial charge in [-0.2, -0.15) is 0 Å². The van der Waals surface area contributed by atoms with Crippen molar-refractivity contribution in [3.05, 3.63) is 199 Å². The minimum absolute atomic E-state index is 0.443. The van der Waals surface area contributed by atoms with Crippen LogP contribution < -0.4 is 0 Å². The zero-order chi connectivity index (χ0) is 37.0. The Bertz CT molecular complexity index is 3060. The van der Waals surface area contributed by atoms with E-state index in [1.165, 1.54) is 113 Å². The lowest BCUT2D eigenvalue weighted by Crippen LogP contribution is -2.05. The third kappa shape index (κ3) is 5.47. The SMILES string of the molecule is C1=CCCC(c2cc(-c3ccccc3)cc(-n3c4ccccc4c4cc(-c5ccc6c(c5)c5ccccc5n6-c5ccccc5C5C=CCCC5)ccc43)c2)=C1. The topological polar surface area (TPSA) is 9.86 Å². The van der Waals surface area contributed by atoms with E-state index in [0.717, 1.165) is 12.8 Å². The van der Waals surface area contributed by atoms with Gasteiger partial charge < -0.3 is 9.13 Å². The number of allylic oxidation sites excluding steroid dienone is 6. The number of fused-ring (bicyclic) bond motifs is 6. The van der Waals surface area contributed by atoms with Gasteiger partial charge in [0.05, 0.1) is 22.1 Å². The standard InChI is InChI=1S/C54H42N2/c1-4-16-37(17-5-1)42-32-43(38-18-6-2-7-19-38)34-44(33-42)55-51-26-14-11-23-46(51)48-35-40(28-30-53(48)55)41-29-31-54-49(36-41)47-24-12-15-27-52(47)56(54)50-25-13-10-22-45(50)39-20-8-3-9-21-39/h1-2,4-6,8,10-18,20,22-36,39H,3,7,9,19,21H2. The molecule has 0 saturated heterocycles. The molecule has 2 aliphatic carbocycles. The van der Waals surface area contributed by atoms with Gasteiger partial charge in [-0.3, -0.25) is 0 Å². The highest BCUT2D eigenvalue weighted by Gasteiger charge is 2.21. The van der Waals surface area contributed by atoms with Crippen LogP contribution in [0.5, 0.6) is 0 Å². The zero-order valence-electron chi connectivity index (χ0n) is 31.4. The predicted octanol–water partition coefficient (Wildman–Crippen LogP) is 14.8. The molecule has 0 radical (unpaired) electrons. The third-order valence-corrected chi connectivity index (χ3v) is 12.2. The second-order valence-corrected chi connectivity index (χ2v) is 15.5. The number of aromatic nitrogens is 2. The first-order chi connectivity index (χ1) is 27.8. The van der Waals surface area contributed by atoms with E-state index in [2.05, 4.69) is 197 Å². The van der Waals surface area contributed by atoms with E-state index in [1.54, 1.807) is 0 Å². The molecule has 0 spiro atoms. The van der Waals surface area contributed by atoms with Crippen LogP contribution in [-0.4, -0.2) is 9.13 Å². The minimum atomic E-state index is 0.443. The maximum absolute atomic E-state index is 2.50. The first-order valence-corrected chi connectivity index (χ1v) is 20.2. The number of benzene rings is 7. The van der Waals surface area contributed by atoms with Crippen LogP contribution in [-0.2, 0) is 0 Å². The van der Waals surface area contributed by atoms with E-state index >= 15 is 0 Å². The predicted molar refractivity (Wildman–Crippen MR) is 238 cm³/mol. The molecular formula is C54H42N2. The number of para-hydroxylation sites is 3. The molecule has 1 unspecified atom stereocenters. The van der Waals surface area contributed by atoms with E-state index in [4.69, 9.17) is 0 Å². The minimum Gasteiger partial charge on any atom is -0.309 e. The Morgan fingerprint density at radius 1 is 0.446 bits per heavy atom. The van der Waals surface area contributed by atoms with E-state index in [1.807, 2.05) is 0 Å². The fraction of sp³-hybridized carbons (Fsp3) is 0.111. The molecule has 1 atom stereocenters. The molecule has 2 heterocycles. The summed E-state index contributed by atoms with van der Waals surface area (Å²) in [5.41, 5.74) is 16.4. The van der Waals surface area contributed by atoms with Crippen LogP contribution >= 0.6 is 0 Å². The first kappa shape index (κ1) is 32.8. The number of hydrogen-bond donors (Lipinski definition) is 0. The largest absolute Gasteiger partial charge is 0.309 e. The van der Waals surface area contributed by atoms with Crippen molar-refractivity contribution < 1.29 is 0 Å². The highest BCUT2D eigenvalue weighted by Crippen LogP contribution is 2.41. The Morgan fingerprint density at radius 3 is 1.80 bits per heavy atom. The highest BCUT2D eigenvalue weighted by atomic mass is 15.0. The molecule has 9 aromatic rings. The molecule has 56 heavy (non-hydrogen) atoms. The maximum atomic E-state index is 2.50. The normalized spacial score (nSPS) is 15.6. The average Bonchev–Trinajstić information content (AvgIpc) is 3.79. The summed E-state index contributed by atoms with van der Waals surface area (Å²) in [4.78, 5) is 0. The van der Waals surface area contributed by atoms with Crippen molar-refractivity contribution in [3.63, 3.8) is 0 Å². The monoisotopic (exact) mass is 718 g/mol. The quantitative estimate of drug-likeness (QED) is 0.152. The molecule has 0 saturated carbocycles. The van der Waals surface area contributed by atoms with Crippen LogP contribution in [0.25, 0.3) is 82.8 Å². The molecule has 2 nitrogen and oxygen atoms in total. The van der Waals surface area contributed by atoms with Crippen LogP contribution in [0, 0.1) is 0 Å². The molecule has 0 fully saturated rings. The van der Waals surface area contributed by atoms with Crippen molar-refractivity contribution in [1.29, 1.82) is 0 Å². The molecule has 11 rings (SSSR count). The van der Waals surface area contributed by atoms with E-state index in [-0.39, 0.29) is 0 Å². The van der Waals surface area contributed by atoms with Crippen molar-refractivity contribution in [3.8, 4) is 33.6 Å². The van der Waals surface area contributed by atoms with Gasteiger partial charge in [0, 0.05) is 38.8 Å². The van der Waals surface area contributed by atoms with Crippen molar-refractivity contribution >= 4 is 49.2 Å². The van der Waals surface area contributed by atoms with Gasteiger partial charge in [0.25, 0.3) is 0 Å². The second kappa shape index (κ2) is 13.6. The average molecular weight is 719 g/mol. The van der Waals surface area contributed by atoms with Crippen LogP contribution in [0.1, 0.15) is 49.1 Å². The molecule has 0 N–H and O–H groups in total. The van der Waals surface area contributed by atoms with Crippen molar-refractivity contribution in [2.75, 3.05) is 0 Å².